The number of halogens is 1. The maximum atomic E-state index is 10.1. The van der Waals surface area contributed by atoms with Crippen molar-refractivity contribution in [2.24, 2.45) is 5.41 Å². The molecule has 1 aliphatic heterocycles. The second-order valence-corrected chi connectivity index (χ2v) is 11.1. The molecule has 0 radical (unpaired) electrons. The minimum Gasteiger partial charge on any atom is -0.491 e. The highest BCUT2D eigenvalue weighted by Crippen LogP contribution is 2.51. The van der Waals surface area contributed by atoms with E-state index >= 15 is 0 Å². The van der Waals surface area contributed by atoms with Gasteiger partial charge in [-0.1, -0.05) is 30.5 Å². The van der Waals surface area contributed by atoms with Crippen LogP contribution in [0.25, 0.3) is 17.0 Å². The quantitative estimate of drug-likeness (QED) is 0.364. The molecule has 1 spiro atoms. The van der Waals surface area contributed by atoms with E-state index in [0.29, 0.717) is 40.4 Å². The highest BCUT2D eigenvalue weighted by atomic mass is 35.5. The number of allylic oxidation sites excluding steroid dienone is 2. The molecule has 2 atom stereocenters. The Morgan fingerprint density at radius 3 is 2.57 bits per heavy atom. The lowest BCUT2D eigenvalue weighted by Crippen LogP contribution is -2.67. The van der Waals surface area contributed by atoms with E-state index in [1.54, 1.807) is 26.2 Å². The van der Waals surface area contributed by atoms with Gasteiger partial charge in [-0.05, 0) is 65.2 Å². The lowest BCUT2D eigenvalue weighted by molar-refractivity contribution is -0.106. The highest BCUT2D eigenvalue weighted by Gasteiger charge is 2.55. The molecule has 37 heavy (non-hydrogen) atoms. The summed E-state index contributed by atoms with van der Waals surface area (Å²) < 4.78 is 11.6. The van der Waals surface area contributed by atoms with Crippen molar-refractivity contribution >= 4 is 28.7 Å². The number of rotatable bonds is 10. The van der Waals surface area contributed by atoms with E-state index in [1.165, 1.54) is 6.42 Å². The first kappa shape index (κ1) is 27.6. The fourth-order valence-electron chi connectivity index (χ4n) is 5.60. The van der Waals surface area contributed by atoms with Gasteiger partial charge in [0.25, 0.3) is 0 Å². The Hall–Kier alpha value is -2.48. The van der Waals surface area contributed by atoms with Crippen molar-refractivity contribution in [3.63, 3.8) is 0 Å². The lowest BCUT2D eigenvalue weighted by Gasteiger charge is -2.60. The van der Waals surface area contributed by atoms with Gasteiger partial charge in [-0.25, -0.2) is 9.97 Å². The van der Waals surface area contributed by atoms with E-state index < -0.39 is 6.10 Å². The van der Waals surface area contributed by atoms with Crippen molar-refractivity contribution in [1.82, 2.24) is 9.97 Å². The molecule has 1 saturated heterocycles. The van der Waals surface area contributed by atoms with Crippen molar-refractivity contribution in [2.75, 3.05) is 31.7 Å². The van der Waals surface area contributed by atoms with E-state index in [1.807, 2.05) is 33.8 Å². The largest absolute Gasteiger partial charge is 0.491 e. The smallest absolute Gasteiger partial charge is 0.163 e. The van der Waals surface area contributed by atoms with Crippen LogP contribution in [0.3, 0.4) is 0 Å². The van der Waals surface area contributed by atoms with Crippen LogP contribution in [0.1, 0.15) is 64.6 Å². The predicted octanol–water partition coefficient (Wildman–Crippen LogP) is 6.09. The van der Waals surface area contributed by atoms with Gasteiger partial charge in [0.15, 0.2) is 5.82 Å². The summed E-state index contributed by atoms with van der Waals surface area (Å²) in [7, 11) is 1.80. The van der Waals surface area contributed by atoms with Crippen molar-refractivity contribution in [1.29, 1.82) is 5.41 Å². The number of ether oxygens (including phenoxy) is 2. The van der Waals surface area contributed by atoms with Crippen LogP contribution < -0.4 is 9.64 Å². The number of hydrogen-bond donors (Lipinski definition) is 2. The average Bonchev–Trinajstić information content (AvgIpc) is 2.79. The summed E-state index contributed by atoms with van der Waals surface area (Å²) in [6, 6.07) is 5.41. The third-order valence-electron chi connectivity index (χ3n) is 7.66. The number of nitrogens with one attached hydrogen (secondary N) is 1. The fourth-order valence-corrected chi connectivity index (χ4v) is 5.81. The molecule has 1 aromatic heterocycles. The van der Waals surface area contributed by atoms with Gasteiger partial charge in [0, 0.05) is 48.0 Å². The Balaban J connectivity index is 1.76. The number of methoxy groups -OCH3 is 1. The van der Waals surface area contributed by atoms with Crippen LogP contribution in [0.4, 0.5) is 5.82 Å². The standard InChI is InChI=1S/C29H39ClN4O3/c1-7-8-20(35)14-37-21-9-10-23(30)22(13-21)27-32-26(25(17(2)3)19(5)31)18(4)28(33-27)34-15-29(16-34)12-11-24(29)36-6/h9-10,13,20,24,31,35H,7-8,11-12,14-16H2,1-6H3/t20-,24?/m1/s1. The SMILES string of the molecule is CCC[C@@H](O)COc1ccc(Cl)c(-c2nc(C(C(C)=N)=C(C)C)c(C)c(N3CC4(CCC4OC)C3)n2)c1. The minimum atomic E-state index is -0.519. The molecule has 2 heterocycles. The van der Waals surface area contributed by atoms with Crippen LogP contribution >= 0.6 is 11.6 Å². The Labute approximate surface area is 225 Å². The third-order valence-corrected chi connectivity index (χ3v) is 7.99. The number of hydrogen-bond acceptors (Lipinski definition) is 7. The zero-order valence-corrected chi connectivity index (χ0v) is 23.6. The minimum absolute atomic E-state index is 0.202. The summed E-state index contributed by atoms with van der Waals surface area (Å²) >= 11 is 6.67. The molecule has 7 nitrogen and oxygen atoms in total. The second kappa shape index (κ2) is 11.1. The van der Waals surface area contributed by atoms with Gasteiger partial charge < -0.3 is 24.9 Å². The van der Waals surface area contributed by atoms with Gasteiger partial charge in [-0.15, -0.1) is 0 Å². The maximum absolute atomic E-state index is 10.1. The summed E-state index contributed by atoms with van der Waals surface area (Å²) in [6.45, 7) is 11.9. The van der Waals surface area contributed by atoms with E-state index in [2.05, 4.69) is 4.90 Å². The van der Waals surface area contributed by atoms with Gasteiger partial charge in [-0.2, -0.15) is 0 Å². The molecule has 0 bridgehead atoms. The zero-order valence-electron chi connectivity index (χ0n) is 22.8. The van der Waals surface area contributed by atoms with Crippen LogP contribution in [0.15, 0.2) is 23.8 Å². The van der Waals surface area contributed by atoms with Gasteiger partial charge in [0.1, 0.15) is 18.2 Å². The van der Waals surface area contributed by atoms with Crippen molar-refractivity contribution in [3.8, 4) is 17.1 Å². The van der Waals surface area contributed by atoms with E-state index in [4.69, 9.17) is 36.5 Å². The summed E-state index contributed by atoms with van der Waals surface area (Å²) in [4.78, 5) is 12.3. The molecule has 0 amide bonds. The molecule has 8 heteroatoms. The van der Waals surface area contributed by atoms with Crippen molar-refractivity contribution in [2.45, 2.75) is 72.5 Å². The molecule has 2 aliphatic rings. The third kappa shape index (κ3) is 5.40. The first-order valence-corrected chi connectivity index (χ1v) is 13.5. The molecule has 1 unspecified atom stereocenters. The normalized spacial score (nSPS) is 18.7. The van der Waals surface area contributed by atoms with Crippen LogP contribution in [0.2, 0.25) is 5.02 Å². The number of benzene rings is 1. The predicted molar refractivity (Wildman–Crippen MR) is 150 cm³/mol. The topological polar surface area (TPSA) is 91.6 Å². The molecule has 2 fully saturated rings. The Morgan fingerprint density at radius 2 is 2.00 bits per heavy atom. The van der Waals surface area contributed by atoms with E-state index in [-0.39, 0.29) is 12.0 Å². The molecular weight excluding hydrogens is 488 g/mol. The molecule has 2 aromatic rings. The molecule has 1 aromatic carbocycles. The Morgan fingerprint density at radius 1 is 1.27 bits per heavy atom. The zero-order chi connectivity index (χ0) is 26.9. The summed E-state index contributed by atoms with van der Waals surface area (Å²) in [6.07, 6.45) is 3.63. The first-order chi connectivity index (χ1) is 17.6. The number of aliphatic hydroxyl groups excluding tert-OH is 1. The summed E-state index contributed by atoms with van der Waals surface area (Å²) in [5, 5.41) is 19.1. The monoisotopic (exact) mass is 526 g/mol. The van der Waals surface area contributed by atoms with E-state index in [0.717, 1.165) is 54.2 Å². The number of anilines is 1. The number of nitrogens with zero attached hydrogens (tertiary/aromatic N) is 3. The molecular formula is C29H39ClN4O3. The second-order valence-electron chi connectivity index (χ2n) is 10.7. The van der Waals surface area contributed by atoms with Gasteiger partial charge in [0.2, 0.25) is 0 Å². The van der Waals surface area contributed by atoms with Gasteiger partial charge in [-0.3, -0.25) is 0 Å². The summed E-state index contributed by atoms with van der Waals surface area (Å²) in [5.41, 5.74) is 4.89. The fraction of sp³-hybridized carbons (Fsp3) is 0.552. The molecule has 1 saturated carbocycles. The van der Waals surface area contributed by atoms with Gasteiger partial charge >= 0.3 is 0 Å². The molecule has 1 aliphatic carbocycles. The molecule has 200 valence electrons. The number of aromatic nitrogens is 2. The van der Waals surface area contributed by atoms with Gasteiger partial charge in [0.05, 0.1) is 22.9 Å². The Kier molecular flexibility index (Phi) is 8.26. The first-order valence-electron chi connectivity index (χ1n) is 13.1. The van der Waals surface area contributed by atoms with Crippen molar-refractivity contribution in [3.05, 3.63) is 40.1 Å². The number of aliphatic hydroxyl groups is 1. The molecule has 2 N–H and O–H groups in total. The maximum Gasteiger partial charge on any atom is 0.163 e. The van der Waals surface area contributed by atoms with Crippen LogP contribution in [-0.2, 0) is 4.74 Å². The van der Waals surface area contributed by atoms with E-state index in [9.17, 15) is 5.11 Å². The lowest BCUT2D eigenvalue weighted by atomic mass is 9.61. The van der Waals surface area contributed by atoms with Crippen molar-refractivity contribution < 1.29 is 14.6 Å². The van der Waals surface area contributed by atoms with Crippen LogP contribution in [0.5, 0.6) is 5.75 Å². The highest BCUT2D eigenvalue weighted by molar-refractivity contribution is 6.33. The summed E-state index contributed by atoms with van der Waals surface area (Å²) in [5.74, 6) is 1.97. The van der Waals surface area contributed by atoms with Crippen LogP contribution in [0, 0.1) is 17.7 Å². The average molecular weight is 527 g/mol. The Bertz CT molecular complexity index is 1200. The van der Waals surface area contributed by atoms with Crippen LogP contribution in [-0.4, -0.2) is 59.8 Å². The molecule has 4 rings (SSSR count).